The summed E-state index contributed by atoms with van der Waals surface area (Å²) in [4.78, 5) is 18.3. The zero-order valence-corrected chi connectivity index (χ0v) is 16.1. The number of piperazine rings is 1. The van der Waals surface area contributed by atoms with Crippen LogP contribution in [-0.4, -0.2) is 87.6 Å². The van der Waals surface area contributed by atoms with Gasteiger partial charge in [0.25, 0.3) is 5.91 Å². The summed E-state index contributed by atoms with van der Waals surface area (Å²) < 4.78 is 24.4. The van der Waals surface area contributed by atoms with E-state index >= 15 is 0 Å². The van der Waals surface area contributed by atoms with E-state index in [1.165, 1.54) is 4.80 Å². The molecule has 2 saturated heterocycles. The zero-order valence-electron chi connectivity index (χ0n) is 15.3. The van der Waals surface area contributed by atoms with Crippen molar-refractivity contribution in [3.8, 4) is 11.4 Å². The second-order valence-corrected chi connectivity index (χ2v) is 9.17. The van der Waals surface area contributed by atoms with Crippen molar-refractivity contribution in [1.29, 1.82) is 0 Å². The molecule has 27 heavy (non-hydrogen) atoms. The van der Waals surface area contributed by atoms with Crippen molar-refractivity contribution in [1.82, 2.24) is 30.0 Å². The SMILES string of the molecule is CCN1CCN(C(=O)c2ccc(-c3nnn(C)n3)cc2)[C@H]2CS(=O)(=O)C[C@H]21. The van der Waals surface area contributed by atoms with E-state index in [2.05, 4.69) is 20.3 Å². The number of nitrogens with zero attached hydrogens (tertiary/aromatic N) is 6. The first-order chi connectivity index (χ1) is 12.9. The highest BCUT2D eigenvalue weighted by molar-refractivity contribution is 7.91. The average molecular weight is 390 g/mol. The van der Waals surface area contributed by atoms with Gasteiger partial charge in [-0.05, 0) is 23.9 Å². The van der Waals surface area contributed by atoms with Crippen molar-refractivity contribution in [3.63, 3.8) is 0 Å². The number of aromatic nitrogens is 4. The van der Waals surface area contributed by atoms with Gasteiger partial charge in [-0.1, -0.05) is 19.1 Å². The lowest BCUT2D eigenvalue weighted by molar-refractivity contribution is 0.0349. The van der Waals surface area contributed by atoms with Crippen LogP contribution < -0.4 is 0 Å². The molecule has 1 amide bonds. The Morgan fingerprint density at radius 3 is 2.48 bits per heavy atom. The third-order valence-corrected chi connectivity index (χ3v) is 7.06. The summed E-state index contributed by atoms with van der Waals surface area (Å²) in [5.41, 5.74) is 1.31. The van der Waals surface area contributed by atoms with Gasteiger partial charge in [-0.15, -0.1) is 10.2 Å². The van der Waals surface area contributed by atoms with Crippen LogP contribution in [0.25, 0.3) is 11.4 Å². The lowest BCUT2D eigenvalue weighted by atomic mass is 10.0. The maximum Gasteiger partial charge on any atom is 0.254 e. The number of hydrogen-bond acceptors (Lipinski definition) is 7. The minimum atomic E-state index is -3.12. The summed E-state index contributed by atoms with van der Waals surface area (Å²) >= 11 is 0. The van der Waals surface area contributed by atoms with E-state index in [0.717, 1.165) is 12.1 Å². The molecule has 2 aromatic rings. The highest BCUT2D eigenvalue weighted by Crippen LogP contribution is 2.28. The molecule has 0 radical (unpaired) electrons. The number of amides is 1. The number of sulfone groups is 1. The second kappa shape index (κ2) is 6.68. The number of likely N-dealkylation sites (N-methyl/N-ethyl adjacent to an activating group) is 1. The number of hydrogen-bond donors (Lipinski definition) is 0. The molecule has 0 N–H and O–H groups in total. The normalized spacial score (nSPS) is 24.7. The van der Waals surface area contributed by atoms with Gasteiger partial charge in [0.05, 0.1) is 24.6 Å². The van der Waals surface area contributed by atoms with Gasteiger partial charge in [0, 0.05) is 30.3 Å². The summed E-state index contributed by atoms with van der Waals surface area (Å²) in [5, 5.41) is 11.9. The summed E-state index contributed by atoms with van der Waals surface area (Å²) in [7, 11) is -1.43. The maximum atomic E-state index is 13.1. The molecule has 3 heterocycles. The van der Waals surface area contributed by atoms with Crippen LogP contribution in [-0.2, 0) is 16.9 Å². The predicted octanol–water partition coefficient (Wildman–Crippen LogP) is -0.180. The third kappa shape index (κ3) is 3.34. The molecule has 9 nitrogen and oxygen atoms in total. The Labute approximate surface area is 157 Å². The van der Waals surface area contributed by atoms with Gasteiger partial charge < -0.3 is 4.90 Å². The molecular formula is C17H22N6O3S. The molecular weight excluding hydrogens is 368 g/mol. The van der Waals surface area contributed by atoms with Gasteiger partial charge in [-0.2, -0.15) is 4.80 Å². The van der Waals surface area contributed by atoms with Gasteiger partial charge in [0.2, 0.25) is 5.82 Å². The number of carbonyl (C=O) groups is 1. The summed E-state index contributed by atoms with van der Waals surface area (Å²) in [6.07, 6.45) is 0. The Kier molecular flexibility index (Phi) is 4.47. The van der Waals surface area contributed by atoms with E-state index in [1.54, 1.807) is 36.2 Å². The number of benzene rings is 1. The molecule has 10 heteroatoms. The summed E-state index contributed by atoms with van der Waals surface area (Å²) in [6, 6.07) is 6.65. The number of fused-ring (bicyclic) bond motifs is 1. The van der Waals surface area contributed by atoms with Gasteiger partial charge in [0.1, 0.15) is 0 Å². The van der Waals surface area contributed by atoms with E-state index < -0.39 is 9.84 Å². The largest absolute Gasteiger partial charge is 0.332 e. The van der Waals surface area contributed by atoms with Crippen LogP contribution in [0.4, 0.5) is 0 Å². The molecule has 1 aromatic heterocycles. The first-order valence-corrected chi connectivity index (χ1v) is 10.8. The fraction of sp³-hybridized carbons (Fsp3) is 0.529. The van der Waals surface area contributed by atoms with Gasteiger partial charge >= 0.3 is 0 Å². The third-order valence-electron chi connectivity index (χ3n) is 5.36. The molecule has 2 fully saturated rings. The Morgan fingerprint density at radius 1 is 1.15 bits per heavy atom. The van der Waals surface area contributed by atoms with Gasteiger partial charge in [-0.25, -0.2) is 8.42 Å². The van der Waals surface area contributed by atoms with Crippen molar-refractivity contribution in [2.75, 3.05) is 31.1 Å². The van der Waals surface area contributed by atoms with Crippen LogP contribution in [0.1, 0.15) is 17.3 Å². The zero-order chi connectivity index (χ0) is 19.2. The molecule has 0 bridgehead atoms. The smallest absolute Gasteiger partial charge is 0.254 e. The van der Waals surface area contributed by atoms with Crippen LogP contribution >= 0.6 is 0 Å². The standard InChI is InChI=1S/C17H22N6O3S/c1-3-22-8-9-23(15-11-27(25,26)10-14(15)22)17(24)13-6-4-12(5-7-13)16-18-20-21(2)19-16/h4-7,14-15H,3,8-11H2,1-2H3/t14-,15+/m1/s1. The minimum Gasteiger partial charge on any atom is -0.332 e. The Hall–Kier alpha value is -2.33. The summed E-state index contributed by atoms with van der Waals surface area (Å²) in [6.45, 7) is 4.05. The summed E-state index contributed by atoms with van der Waals surface area (Å²) in [5.74, 6) is 0.542. The molecule has 2 atom stereocenters. The van der Waals surface area contributed by atoms with Crippen LogP contribution in [0.2, 0.25) is 0 Å². The molecule has 0 saturated carbocycles. The molecule has 0 spiro atoms. The molecule has 144 valence electrons. The lowest BCUT2D eigenvalue weighted by Gasteiger charge is -2.43. The van der Waals surface area contributed by atoms with Crippen molar-refractivity contribution >= 4 is 15.7 Å². The fourth-order valence-electron chi connectivity index (χ4n) is 4.00. The van der Waals surface area contributed by atoms with E-state index in [0.29, 0.717) is 24.5 Å². The minimum absolute atomic E-state index is 0.0432. The first-order valence-electron chi connectivity index (χ1n) is 8.98. The van der Waals surface area contributed by atoms with Crippen molar-refractivity contribution < 1.29 is 13.2 Å². The first kappa shape index (κ1) is 18.1. The number of tetrazole rings is 1. The van der Waals surface area contributed by atoms with Crippen LogP contribution in [0.5, 0.6) is 0 Å². The van der Waals surface area contributed by atoms with E-state index in [9.17, 15) is 13.2 Å². The Bertz CT molecular complexity index is 955. The Morgan fingerprint density at radius 2 is 1.85 bits per heavy atom. The topological polar surface area (TPSA) is 101 Å². The Balaban J connectivity index is 1.57. The van der Waals surface area contributed by atoms with Crippen molar-refractivity contribution in [2.45, 2.75) is 19.0 Å². The van der Waals surface area contributed by atoms with E-state index in [1.807, 2.05) is 6.92 Å². The van der Waals surface area contributed by atoms with E-state index in [-0.39, 0.29) is 29.5 Å². The number of rotatable bonds is 3. The highest BCUT2D eigenvalue weighted by atomic mass is 32.2. The maximum absolute atomic E-state index is 13.1. The molecule has 2 aliphatic rings. The van der Waals surface area contributed by atoms with Crippen LogP contribution in [0.3, 0.4) is 0 Å². The molecule has 1 aromatic carbocycles. The highest BCUT2D eigenvalue weighted by Gasteiger charge is 2.47. The molecule has 0 aliphatic carbocycles. The van der Waals surface area contributed by atoms with Crippen LogP contribution in [0, 0.1) is 0 Å². The monoisotopic (exact) mass is 390 g/mol. The fourth-order valence-corrected chi connectivity index (χ4v) is 6.01. The second-order valence-electron chi connectivity index (χ2n) is 7.02. The quantitative estimate of drug-likeness (QED) is 0.716. The predicted molar refractivity (Wildman–Crippen MR) is 98.7 cm³/mol. The molecule has 2 aliphatic heterocycles. The van der Waals surface area contributed by atoms with Crippen molar-refractivity contribution in [2.24, 2.45) is 7.05 Å². The van der Waals surface area contributed by atoms with Gasteiger partial charge in [0.15, 0.2) is 9.84 Å². The average Bonchev–Trinajstić information content (AvgIpc) is 3.22. The number of aryl methyl sites for hydroxylation is 1. The van der Waals surface area contributed by atoms with Crippen LogP contribution in [0.15, 0.2) is 24.3 Å². The molecule has 0 unspecified atom stereocenters. The van der Waals surface area contributed by atoms with E-state index in [4.69, 9.17) is 0 Å². The van der Waals surface area contributed by atoms with Gasteiger partial charge in [-0.3, -0.25) is 9.69 Å². The number of carbonyl (C=O) groups excluding carboxylic acids is 1. The van der Waals surface area contributed by atoms with Crippen molar-refractivity contribution in [3.05, 3.63) is 29.8 Å². The lowest BCUT2D eigenvalue weighted by Crippen LogP contribution is -2.60. The molecule has 4 rings (SSSR count).